The highest BCUT2D eigenvalue weighted by Gasteiger charge is 2.26. The summed E-state index contributed by atoms with van der Waals surface area (Å²) >= 11 is 7.75. The predicted octanol–water partition coefficient (Wildman–Crippen LogP) is 3.67. The van der Waals surface area contributed by atoms with E-state index >= 15 is 0 Å². The van der Waals surface area contributed by atoms with E-state index in [0.29, 0.717) is 11.4 Å². The van der Waals surface area contributed by atoms with E-state index < -0.39 is 6.10 Å². The molecule has 0 spiro atoms. The van der Waals surface area contributed by atoms with Crippen molar-refractivity contribution in [2.24, 2.45) is 0 Å². The fourth-order valence-corrected chi connectivity index (χ4v) is 2.76. The lowest BCUT2D eigenvalue weighted by Crippen LogP contribution is -2.25. The van der Waals surface area contributed by atoms with E-state index in [1.165, 1.54) is 0 Å². The van der Waals surface area contributed by atoms with E-state index in [2.05, 4.69) is 6.26 Å². The van der Waals surface area contributed by atoms with Crippen molar-refractivity contribution in [1.82, 2.24) is 0 Å². The number of benzene rings is 1. The molecule has 0 fully saturated rings. The second-order valence-electron chi connectivity index (χ2n) is 4.31. The molecule has 2 atom stereocenters. The van der Waals surface area contributed by atoms with Gasteiger partial charge in [-0.2, -0.15) is 11.8 Å². The minimum atomic E-state index is -0.447. The van der Waals surface area contributed by atoms with Gasteiger partial charge in [0.05, 0.1) is 6.10 Å². The number of aliphatic hydroxyl groups excluding tert-OH is 1. The van der Waals surface area contributed by atoms with Crippen LogP contribution in [0.5, 0.6) is 5.75 Å². The Morgan fingerprint density at radius 1 is 1.53 bits per heavy atom. The molecule has 0 saturated heterocycles. The normalized spacial score (nSPS) is 23.0. The van der Waals surface area contributed by atoms with E-state index in [1.807, 2.05) is 17.8 Å². The molecule has 0 bridgehead atoms. The van der Waals surface area contributed by atoms with Gasteiger partial charge in [0.1, 0.15) is 11.9 Å². The van der Waals surface area contributed by atoms with Crippen LogP contribution in [0.4, 0.5) is 0 Å². The van der Waals surface area contributed by atoms with Crippen molar-refractivity contribution < 1.29 is 9.84 Å². The molecule has 0 radical (unpaired) electrons. The quantitative estimate of drug-likeness (QED) is 0.848. The van der Waals surface area contributed by atoms with Crippen LogP contribution in [0.25, 0.3) is 0 Å². The highest BCUT2D eigenvalue weighted by Crippen LogP contribution is 2.37. The summed E-state index contributed by atoms with van der Waals surface area (Å²) < 4.78 is 5.88. The predicted molar refractivity (Wildman–Crippen MR) is 73.1 cm³/mol. The molecule has 0 aliphatic carbocycles. The number of ether oxygens (including phenoxy) is 1. The molecule has 94 valence electrons. The number of aliphatic hydroxyl groups is 1. The van der Waals surface area contributed by atoms with Crippen molar-refractivity contribution >= 4 is 23.4 Å². The van der Waals surface area contributed by atoms with Crippen LogP contribution >= 0.6 is 23.4 Å². The molecule has 1 unspecified atom stereocenters. The van der Waals surface area contributed by atoms with Crippen LogP contribution in [0, 0.1) is 0 Å². The molecule has 2 nitrogen and oxygen atoms in total. The maximum Gasteiger partial charge on any atom is 0.125 e. The van der Waals surface area contributed by atoms with Crippen LogP contribution in [-0.2, 0) is 0 Å². The molecule has 17 heavy (non-hydrogen) atoms. The molecule has 0 amide bonds. The minimum Gasteiger partial charge on any atom is -0.490 e. The number of hydrogen-bond donors (Lipinski definition) is 1. The molecule has 0 saturated carbocycles. The highest BCUT2D eigenvalue weighted by molar-refractivity contribution is 7.98. The first kappa shape index (κ1) is 13.1. The maximum atomic E-state index is 10.1. The zero-order valence-electron chi connectivity index (χ0n) is 9.86. The van der Waals surface area contributed by atoms with Gasteiger partial charge in [0.25, 0.3) is 0 Å². The Morgan fingerprint density at radius 2 is 2.35 bits per heavy atom. The fraction of sp³-hybridized carbons (Fsp3) is 0.538. The zero-order valence-corrected chi connectivity index (χ0v) is 11.4. The Hall–Kier alpha value is -0.380. The third-order valence-electron chi connectivity index (χ3n) is 2.99. The molecular formula is C13H17ClO2S. The van der Waals surface area contributed by atoms with E-state index in [-0.39, 0.29) is 6.10 Å². The topological polar surface area (TPSA) is 29.5 Å². The van der Waals surface area contributed by atoms with Crippen molar-refractivity contribution in [3.05, 3.63) is 28.8 Å². The van der Waals surface area contributed by atoms with Gasteiger partial charge in [-0.3, -0.25) is 0 Å². The zero-order chi connectivity index (χ0) is 12.3. The first-order valence-corrected chi connectivity index (χ1v) is 7.61. The molecule has 1 aliphatic rings. The van der Waals surface area contributed by atoms with Gasteiger partial charge in [0.15, 0.2) is 0 Å². The summed E-state index contributed by atoms with van der Waals surface area (Å²) in [5.74, 6) is 1.92. The van der Waals surface area contributed by atoms with E-state index in [1.54, 1.807) is 12.1 Å². The Balaban J connectivity index is 2.03. The van der Waals surface area contributed by atoms with Crippen LogP contribution in [0.3, 0.4) is 0 Å². The molecular weight excluding hydrogens is 256 g/mol. The molecule has 1 aromatic carbocycles. The van der Waals surface area contributed by atoms with Crippen LogP contribution in [0.2, 0.25) is 5.02 Å². The molecule has 1 aliphatic heterocycles. The first-order chi connectivity index (χ1) is 8.20. The monoisotopic (exact) mass is 272 g/mol. The van der Waals surface area contributed by atoms with Gasteiger partial charge in [0, 0.05) is 17.0 Å². The second kappa shape index (κ2) is 5.98. The number of fused-ring (bicyclic) bond motifs is 1. The minimum absolute atomic E-state index is 0.130. The van der Waals surface area contributed by atoms with Gasteiger partial charge >= 0.3 is 0 Å². The van der Waals surface area contributed by atoms with Crippen molar-refractivity contribution in [1.29, 1.82) is 0 Å². The third kappa shape index (κ3) is 3.30. The molecule has 2 rings (SSSR count). The summed E-state index contributed by atoms with van der Waals surface area (Å²) in [5.41, 5.74) is 0.818. The van der Waals surface area contributed by atoms with Gasteiger partial charge in [-0.25, -0.2) is 0 Å². The fourth-order valence-electron chi connectivity index (χ4n) is 2.12. The van der Waals surface area contributed by atoms with Crippen molar-refractivity contribution in [3.8, 4) is 5.75 Å². The smallest absolute Gasteiger partial charge is 0.125 e. The largest absolute Gasteiger partial charge is 0.490 e. The third-order valence-corrected chi connectivity index (χ3v) is 3.92. The number of rotatable bonds is 4. The molecule has 1 heterocycles. The Bertz CT molecular complexity index is 384. The van der Waals surface area contributed by atoms with Gasteiger partial charge < -0.3 is 9.84 Å². The second-order valence-corrected chi connectivity index (χ2v) is 5.73. The van der Waals surface area contributed by atoms with Gasteiger partial charge in [-0.15, -0.1) is 0 Å². The summed E-state index contributed by atoms with van der Waals surface area (Å²) in [4.78, 5) is 0. The summed E-state index contributed by atoms with van der Waals surface area (Å²) in [5, 5.41) is 10.7. The van der Waals surface area contributed by atoms with Gasteiger partial charge in [0.2, 0.25) is 0 Å². The van der Waals surface area contributed by atoms with E-state index in [9.17, 15) is 5.11 Å². The molecule has 0 aromatic heterocycles. The van der Waals surface area contributed by atoms with Crippen LogP contribution in [0.1, 0.15) is 30.9 Å². The Kier molecular flexibility index (Phi) is 4.60. The van der Waals surface area contributed by atoms with Crippen LogP contribution in [-0.4, -0.2) is 23.2 Å². The summed E-state index contributed by atoms with van der Waals surface area (Å²) in [6.45, 7) is 0. The summed E-state index contributed by atoms with van der Waals surface area (Å²) in [6.07, 6.45) is 4.58. The van der Waals surface area contributed by atoms with E-state index in [4.69, 9.17) is 16.3 Å². The first-order valence-electron chi connectivity index (χ1n) is 5.84. The molecule has 1 aromatic rings. The lowest BCUT2D eigenvalue weighted by atomic mass is 9.97. The molecule has 4 heteroatoms. The van der Waals surface area contributed by atoms with Crippen LogP contribution < -0.4 is 4.74 Å². The van der Waals surface area contributed by atoms with E-state index in [0.717, 1.165) is 29.9 Å². The maximum absolute atomic E-state index is 10.1. The lowest BCUT2D eigenvalue weighted by Gasteiger charge is -2.29. The molecule has 1 N–H and O–H groups in total. The SMILES string of the molecule is CSCCCC1C[C@@H](O)c2cc(Cl)ccc2O1. The summed E-state index contributed by atoms with van der Waals surface area (Å²) in [6, 6.07) is 5.44. The van der Waals surface area contributed by atoms with Gasteiger partial charge in [-0.05, 0) is 43.0 Å². The number of hydrogen-bond acceptors (Lipinski definition) is 3. The Morgan fingerprint density at radius 3 is 3.12 bits per heavy atom. The average molecular weight is 273 g/mol. The van der Waals surface area contributed by atoms with Gasteiger partial charge in [-0.1, -0.05) is 11.6 Å². The standard InChI is InChI=1S/C13H17ClO2S/c1-17-6-2-3-10-8-12(15)11-7-9(14)4-5-13(11)16-10/h4-5,7,10,12,15H,2-3,6,8H2,1H3/t10?,12-/m1/s1. The average Bonchev–Trinajstić information content (AvgIpc) is 2.31. The van der Waals surface area contributed by atoms with Crippen molar-refractivity contribution in [2.75, 3.05) is 12.0 Å². The number of thioether (sulfide) groups is 1. The number of halogens is 1. The lowest BCUT2D eigenvalue weighted by molar-refractivity contribution is 0.0616. The Labute approximate surface area is 111 Å². The van der Waals surface area contributed by atoms with Crippen molar-refractivity contribution in [2.45, 2.75) is 31.5 Å². The van der Waals surface area contributed by atoms with Crippen LogP contribution in [0.15, 0.2) is 18.2 Å². The highest BCUT2D eigenvalue weighted by atomic mass is 35.5. The van der Waals surface area contributed by atoms with Crippen molar-refractivity contribution in [3.63, 3.8) is 0 Å². The summed E-state index contributed by atoms with van der Waals surface area (Å²) in [7, 11) is 0.